The van der Waals surface area contributed by atoms with E-state index in [-0.39, 0.29) is 23.7 Å². The summed E-state index contributed by atoms with van der Waals surface area (Å²) in [5.41, 5.74) is 8.00. The summed E-state index contributed by atoms with van der Waals surface area (Å²) in [6, 6.07) is 16.0. The van der Waals surface area contributed by atoms with Crippen molar-refractivity contribution in [3.63, 3.8) is 0 Å². The zero-order valence-corrected chi connectivity index (χ0v) is 17.9. The Morgan fingerprint density at radius 2 is 1.62 bits per heavy atom. The van der Waals surface area contributed by atoms with Crippen LogP contribution in [-0.2, 0) is 14.7 Å². The minimum Gasteiger partial charge on any atom is -0.399 e. The highest BCUT2D eigenvalue weighted by Crippen LogP contribution is 2.60. The highest BCUT2D eigenvalue weighted by atomic mass is 16.7. The largest absolute Gasteiger partial charge is 0.494 e. The first-order chi connectivity index (χ1) is 13.8. The maximum Gasteiger partial charge on any atom is 0.494 e. The van der Waals surface area contributed by atoms with Crippen LogP contribution in [0.25, 0.3) is 11.1 Å². The summed E-state index contributed by atoms with van der Waals surface area (Å²) in [7, 11) is -0.306. The van der Waals surface area contributed by atoms with Crippen molar-refractivity contribution < 1.29 is 9.31 Å². The lowest BCUT2D eigenvalue weighted by atomic mass is 9.63. The van der Waals surface area contributed by atoms with E-state index in [9.17, 15) is 0 Å². The molecule has 0 aromatic heterocycles. The lowest BCUT2D eigenvalue weighted by Crippen LogP contribution is -2.41. The minimum absolute atomic E-state index is 0.0541. The molecule has 148 valence electrons. The normalized spacial score (nSPS) is 30.4. The number of hydrogen-bond acceptors (Lipinski definition) is 2. The van der Waals surface area contributed by atoms with Crippen molar-refractivity contribution in [2.75, 3.05) is 0 Å². The molecule has 1 heterocycles. The number of fused-ring (bicyclic) bond motifs is 8. The van der Waals surface area contributed by atoms with Crippen LogP contribution in [0.3, 0.4) is 0 Å². The van der Waals surface area contributed by atoms with Gasteiger partial charge in [-0.2, -0.15) is 0 Å². The lowest BCUT2D eigenvalue weighted by molar-refractivity contribution is 0.00578. The minimum atomic E-state index is -0.316. The van der Waals surface area contributed by atoms with Gasteiger partial charge < -0.3 is 9.31 Å². The highest BCUT2D eigenvalue weighted by Gasteiger charge is 2.53. The zero-order valence-electron chi connectivity index (χ0n) is 17.9. The van der Waals surface area contributed by atoms with Crippen LogP contribution in [0.1, 0.15) is 64.5 Å². The molecule has 1 saturated carbocycles. The van der Waals surface area contributed by atoms with Crippen LogP contribution in [0, 0.1) is 5.92 Å². The molecule has 4 aliphatic rings. The van der Waals surface area contributed by atoms with Gasteiger partial charge in [-0.05, 0) is 87.0 Å². The first-order valence-electron chi connectivity index (χ1n) is 11.1. The quantitative estimate of drug-likeness (QED) is 0.485. The van der Waals surface area contributed by atoms with Crippen molar-refractivity contribution in [3.05, 3.63) is 65.2 Å². The Labute approximate surface area is 174 Å². The molecule has 2 aromatic carbocycles. The summed E-state index contributed by atoms with van der Waals surface area (Å²) in [6.07, 6.45) is 7.60. The Bertz CT molecular complexity index is 1030. The molecule has 0 N–H and O–H groups in total. The van der Waals surface area contributed by atoms with Crippen molar-refractivity contribution in [2.24, 2.45) is 5.92 Å². The van der Waals surface area contributed by atoms with Gasteiger partial charge in [0.2, 0.25) is 0 Å². The molecule has 2 nitrogen and oxygen atoms in total. The van der Waals surface area contributed by atoms with E-state index in [1.807, 2.05) is 0 Å². The molecule has 2 bridgehead atoms. The Morgan fingerprint density at radius 3 is 2.41 bits per heavy atom. The van der Waals surface area contributed by atoms with Gasteiger partial charge >= 0.3 is 7.12 Å². The van der Waals surface area contributed by atoms with Gasteiger partial charge in [0.05, 0.1) is 11.2 Å². The molecule has 0 radical (unpaired) electrons. The fourth-order valence-electron chi connectivity index (χ4n) is 6.06. The van der Waals surface area contributed by atoms with E-state index >= 15 is 0 Å². The van der Waals surface area contributed by atoms with Crippen molar-refractivity contribution >= 4 is 12.6 Å². The molecule has 2 unspecified atom stereocenters. The van der Waals surface area contributed by atoms with Crippen LogP contribution in [0.5, 0.6) is 0 Å². The Hall–Kier alpha value is -1.84. The molecule has 29 heavy (non-hydrogen) atoms. The predicted molar refractivity (Wildman–Crippen MR) is 118 cm³/mol. The van der Waals surface area contributed by atoms with Gasteiger partial charge in [0, 0.05) is 5.41 Å². The molecule has 1 saturated heterocycles. The summed E-state index contributed by atoms with van der Waals surface area (Å²) in [5.74, 6) is 0.859. The van der Waals surface area contributed by atoms with E-state index in [1.54, 1.807) is 5.57 Å². The summed E-state index contributed by atoms with van der Waals surface area (Å²) in [5, 5.41) is 0. The fourth-order valence-corrected chi connectivity index (χ4v) is 6.06. The third kappa shape index (κ3) is 2.26. The van der Waals surface area contributed by atoms with E-state index < -0.39 is 0 Å². The average molecular weight is 384 g/mol. The molecular formula is C26H29BO2. The van der Waals surface area contributed by atoms with Crippen LogP contribution in [0.15, 0.2) is 54.1 Å². The number of allylic oxidation sites excluding steroid dienone is 2. The molecule has 3 aliphatic carbocycles. The van der Waals surface area contributed by atoms with Gasteiger partial charge in [-0.3, -0.25) is 0 Å². The van der Waals surface area contributed by atoms with Crippen molar-refractivity contribution in [1.29, 1.82) is 0 Å². The van der Waals surface area contributed by atoms with Gasteiger partial charge in [0.1, 0.15) is 0 Å². The Kier molecular flexibility index (Phi) is 3.50. The Balaban J connectivity index is 1.52. The van der Waals surface area contributed by atoms with E-state index in [0.29, 0.717) is 0 Å². The van der Waals surface area contributed by atoms with Gasteiger partial charge in [0.25, 0.3) is 0 Å². The zero-order chi connectivity index (χ0) is 20.0. The second kappa shape index (κ2) is 5.65. The Morgan fingerprint density at radius 1 is 0.897 bits per heavy atom. The summed E-state index contributed by atoms with van der Waals surface area (Å²) in [4.78, 5) is 0. The van der Waals surface area contributed by atoms with Crippen LogP contribution < -0.4 is 5.46 Å². The number of rotatable bonds is 1. The molecule has 3 heteroatoms. The molecule has 1 spiro atoms. The molecular weight excluding hydrogens is 355 g/mol. The van der Waals surface area contributed by atoms with Crippen LogP contribution >= 0.6 is 0 Å². The maximum atomic E-state index is 6.39. The van der Waals surface area contributed by atoms with E-state index in [2.05, 4.69) is 76.2 Å². The predicted octanol–water partition coefficient (Wildman–Crippen LogP) is 5.38. The number of benzene rings is 2. The smallest absolute Gasteiger partial charge is 0.399 e. The van der Waals surface area contributed by atoms with Crippen LogP contribution in [-0.4, -0.2) is 18.3 Å². The molecule has 6 rings (SSSR count). The third-order valence-electron chi connectivity index (χ3n) is 8.39. The average Bonchev–Trinajstić information content (AvgIpc) is 3.28. The van der Waals surface area contributed by atoms with Gasteiger partial charge in [-0.15, -0.1) is 0 Å². The van der Waals surface area contributed by atoms with E-state index in [1.165, 1.54) is 47.9 Å². The van der Waals surface area contributed by atoms with E-state index in [4.69, 9.17) is 9.31 Å². The summed E-state index contributed by atoms with van der Waals surface area (Å²) < 4.78 is 12.8. The molecule has 2 fully saturated rings. The van der Waals surface area contributed by atoms with Crippen molar-refractivity contribution in [3.8, 4) is 11.1 Å². The van der Waals surface area contributed by atoms with Crippen molar-refractivity contribution in [2.45, 2.75) is 70.0 Å². The highest BCUT2D eigenvalue weighted by molar-refractivity contribution is 6.62. The monoisotopic (exact) mass is 384 g/mol. The van der Waals surface area contributed by atoms with Gasteiger partial charge in [0.15, 0.2) is 0 Å². The summed E-state index contributed by atoms with van der Waals surface area (Å²) >= 11 is 0. The van der Waals surface area contributed by atoms with E-state index in [0.717, 1.165) is 11.4 Å². The summed E-state index contributed by atoms with van der Waals surface area (Å²) in [6.45, 7) is 8.51. The fraction of sp³-hybridized carbons (Fsp3) is 0.462. The molecule has 2 atom stereocenters. The standard InChI is InChI=1S/C26H29BO2/c1-24(2)25(3,4)29-27(28-24)19-11-12-21-20-7-5-6-8-22(20)26(23(21)16-19)14-13-17-9-10-18(26)15-17/h5-8,10-12,16-17H,9,13-15H2,1-4H3. The molecule has 0 amide bonds. The third-order valence-corrected chi connectivity index (χ3v) is 8.39. The maximum absolute atomic E-state index is 6.39. The first kappa shape index (κ1) is 18.0. The van der Waals surface area contributed by atoms with Crippen LogP contribution in [0.4, 0.5) is 0 Å². The SMILES string of the molecule is CC1(C)OB(c2ccc3c(c2)C2(CCC4CC=C2C4)c2ccccc2-3)OC1(C)C. The topological polar surface area (TPSA) is 18.5 Å². The van der Waals surface area contributed by atoms with Gasteiger partial charge in [-0.25, -0.2) is 0 Å². The molecule has 1 aliphatic heterocycles. The second-order valence-electron chi connectivity index (χ2n) is 10.4. The lowest BCUT2D eigenvalue weighted by Gasteiger charge is -2.38. The second-order valence-corrected chi connectivity index (χ2v) is 10.4. The first-order valence-corrected chi connectivity index (χ1v) is 11.1. The number of hydrogen-bond donors (Lipinski definition) is 0. The van der Waals surface area contributed by atoms with Crippen LogP contribution in [0.2, 0.25) is 0 Å². The molecule has 2 aromatic rings. The van der Waals surface area contributed by atoms with Crippen molar-refractivity contribution in [1.82, 2.24) is 0 Å². The van der Waals surface area contributed by atoms with Gasteiger partial charge in [-0.1, -0.05) is 54.1 Å².